The Morgan fingerprint density at radius 3 is 2.36 bits per heavy atom. The van der Waals surface area contributed by atoms with E-state index in [9.17, 15) is 18.8 Å². The molecule has 3 aromatic carbocycles. The lowest BCUT2D eigenvalue weighted by Gasteiger charge is -2.32. The Balaban J connectivity index is 1.25. The number of anilines is 3. The van der Waals surface area contributed by atoms with Crippen molar-refractivity contribution in [2.45, 2.75) is 18.9 Å². The number of piperidine rings is 1. The average molecular weight is 594 g/mol. The molecule has 0 radical (unpaired) electrons. The van der Waals surface area contributed by atoms with E-state index in [2.05, 4.69) is 21.7 Å². The number of likely N-dealkylation sites (tertiary alicyclic amines) is 1. The van der Waals surface area contributed by atoms with Gasteiger partial charge in [-0.1, -0.05) is 17.7 Å². The van der Waals surface area contributed by atoms with Crippen LogP contribution in [0.15, 0.2) is 54.7 Å². The van der Waals surface area contributed by atoms with Gasteiger partial charge in [-0.3, -0.25) is 4.98 Å². The fourth-order valence-electron chi connectivity index (χ4n) is 4.72. The number of urea groups is 1. The molecule has 1 aliphatic rings. The molecule has 4 aromatic rings. The number of carbonyl (C=O) groups is 1. The highest BCUT2D eigenvalue weighted by Gasteiger charge is 2.26. The number of halogens is 3. The molecule has 42 heavy (non-hydrogen) atoms. The number of rotatable bonds is 7. The lowest BCUT2D eigenvalue weighted by molar-refractivity contribution is 0.115. The van der Waals surface area contributed by atoms with Gasteiger partial charge in [0.05, 0.1) is 36.0 Å². The Hall–Kier alpha value is -4.82. The Labute approximate surface area is 245 Å². The van der Waals surface area contributed by atoms with Crippen molar-refractivity contribution in [2.24, 2.45) is 0 Å². The molecule has 0 atom stereocenters. The second-order valence-electron chi connectivity index (χ2n) is 9.48. The second kappa shape index (κ2) is 12.4. The lowest BCUT2D eigenvalue weighted by Crippen LogP contribution is -2.44. The molecule has 216 valence electrons. The van der Waals surface area contributed by atoms with Crippen molar-refractivity contribution in [1.82, 2.24) is 9.88 Å². The van der Waals surface area contributed by atoms with Crippen LogP contribution in [0, 0.1) is 23.0 Å². The molecule has 0 spiro atoms. The number of amides is 2. The van der Waals surface area contributed by atoms with E-state index >= 15 is 0 Å². The minimum atomic E-state index is -0.838. The number of carbonyl (C=O) groups excluding carboxylic acids is 1. The number of nitrogens with zero attached hydrogens (tertiary/aromatic N) is 3. The highest BCUT2D eigenvalue weighted by atomic mass is 35.5. The average Bonchev–Trinajstić information content (AvgIpc) is 3.00. The molecule has 2 N–H and O–H groups in total. The van der Waals surface area contributed by atoms with Crippen LogP contribution in [-0.4, -0.2) is 49.3 Å². The Morgan fingerprint density at radius 2 is 1.71 bits per heavy atom. The van der Waals surface area contributed by atoms with E-state index in [1.807, 2.05) is 0 Å². The van der Waals surface area contributed by atoms with Crippen molar-refractivity contribution in [2.75, 3.05) is 37.9 Å². The molecule has 1 aromatic heterocycles. The third kappa shape index (κ3) is 5.94. The first-order valence-electron chi connectivity index (χ1n) is 13.0. The number of nitriles is 1. The standard InChI is InChI=1S/C30H26ClF2N5O4/c1-40-26-13-20-24(14-27(26)41-2)35-16-17(15-34)28(20)36-18-6-7-25(21(31)12-18)42-19-8-10-38(11-9-19)30(39)37-29-22(32)4-3-5-23(29)33/h3-7,12-14,16,19H,8-11H2,1-2H3,(H,35,36)(H,37,39). The van der Waals surface area contributed by atoms with Gasteiger partial charge < -0.3 is 29.7 Å². The Kier molecular flexibility index (Phi) is 8.45. The van der Waals surface area contributed by atoms with Gasteiger partial charge in [-0.15, -0.1) is 0 Å². The number of hydrogen-bond acceptors (Lipinski definition) is 7. The van der Waals surface area contributed by atoms with Gasteiger partial charge in [-0.25, -0.2) is 13.6 Å². The number of ether oxygens (including phenoxy) is 3. The van der Waals surface area contributed by atoms with Crippen LogP contribution in [0.5, 0.6) is 17.2 Å². The number of aromatic nitrogens is 1. The monoisotopic (exact) mass is 593 g/mol. The second-order valence-corrected chi connectivity index (χ2v) is 9.89. The van der Waals surface area contributed by atoms with Gasteiger partial charge in [0, 0.05) is 49.3 Å². The summed E-state index contributed by atoms with van der Waals surface area (Å²) in [6.45, 7) is 0.675. The lowest BCUT2D eigenvalue weighted by atomic mass is 10.1. The maximum absolute atomic E-state index is 13.9. The summed E-state index contributed by atoms with van der Waals surface area (Å²) in [5.74, 6) is -0.201. The molecule has 0 bridgehead atoms. The minimum absolute atomic E-state index is 0.215. The highest BCUT2D eigenvalue weighted by Crippen LogP contribution is 2.38. The minimum Gasteiger partial charge on any atom is -0.493 e. The van der Waals surface area contributed by atoms with E-state index in [1.54, 1.807) is 30.3 Å². The summed E-state index contributed by atoms with van der Waals surface area (Å²) in [6.07, 6.45) is 2.27. The van der Waals surface area contributed by atoms with Crippen LogP contribution in [-0.2, 0) is 0 Å². The van der Waals surface area contributed by atoms with E-state index in [0.29, 0.717) is 76.0 Å². The van der Waals surface area contributed by atoms with Crippen molar-refractivity contribution in [3.8, 4) is 23.3 Å². The fourth-order valence-corrected chi connectivity index (χ4v) is 4.94. The fraction of sp³-hybridized carbons (Fsp3) is 0.233. The smallest absolute Gasteiger partial charge is 0.322 e. The van der Waals surface area contributed by atoms with E-state index in [4.69, 9.17) is 25.8 Å². The van der Waals surface area contributed by atoms with Crippen LogP contribution in [0.25, 0.3) is 10.9 Å². The number of nitrogens with one attached hydrogen (secondary N) is 2. The van der Waals surface area contributed by atoms with Crippen molar-refractivity contribution in [3.05, 3.63) is 76.9 Å². The molecule has 1 fully saturated rings. The molecule has 9 nitrogen and oxygen atoms in total. The van der Waals surface area contributed by atoms with E-state index in [0.717, 1.165) is 12.1 Å². The molecule has 0 aliphatic carbocycles. The zero-order chi connectivity index (χ0) is 29.8. The van der Waals surface area contributed by atoms with Crippen LogP contribution in [0.1, 0.15) is 18.4 Å². The topological polar surface area (TPSA) is 109 Å². The number of fused-ring (bicyclic) bond motifs is 1. The van der Waals surface area contributed by atoms with Crippen LogP contribution >= 0.6 is 11.6 Å². The van der Waals surface area contributed by atoms with E-state index in [-0.39, 0.29) is 6.10 Å². The summed E-state index contributed by atoms with van der Waals surface area (Å²) in [6, 6.07) is 13.7. The highest BCUT2D eigenvalue weighted by molar-refractivity contribution is 6.32. The van der Waals surface area contributed by atoms with E-state index < -0.39 is 23.4 Å². The first-order valence-corrected chi connectivity index (χ1v) is 13.4. The number of methoxy groups -OCH3 is 2. The molecular formula is C30H26ClF2N5O4. The van der Waals surface area contributed by atoms with Crippen LogP contribution in [0.2, 0.25) is 5.02 Å². The summed E-state index contributed by atoms with van der Waals surface area (Å²) in [5, 5.41) is 16.3. The number of benzene rings is 3. The molecule has 0 saturated carbocycles. The zero-order valence-corrected chi connectivity index (χ0v) is 23.5. The third-order valence-corrected chi connectivity index (χ3v) is 7.21. The quantitative estimate of drug-likeness (QED) is 0.240. The largest absolute Gasteiger partial charge is 0.493 e. The maximum Gasteiger partial charge on any atom is 0.322 e. The van der Waals surface area contributed by atoms with Gasteiger partial charge in [-0.2, -0.15) is 5.26 Å². The number of para-hydroxylation sites is 1. The van der Waals surface area contributed by atoms with Gasteiger partial charge in [-0.05, 0) is 36.4 Å². The molecule has 1 saturated heterocycles. The van der Waals surface area contributed by atoms with Crippen LogP contribution < -0.4 is 24.8 Å². The summed E-state index contributed by atoms with van der Waals surface area (Å²) < 4.78 is 44.7. The number of hydrogen-bond donors (Lipinski definition) is 2. The van der Waals surface area contributed by atoms with Crippen LogP contribution in [0.4, 0.5) is 30.6 Å². The summed E-state index contributed by atoms with van der Waals surface area (Å²) in [7, 11) is 3.07. The van der Waals surface area contributed by atoms with Crippen molar-refractivity contribution < 1.29 is 27.8 Å². The van der Waals surface area contributed by atoms with Gasteiger partial charge in [0.25, 0.3) is 0 Å². The van der Waals surface area contributed by atoms with Gasteiger partial charge >= 0.3 is 6.03 Å². The Bertz CT molecular complexity index is 1670. The van der Waals surface area contributed by atoms with Gasteiger partial charge in [0.15, 0.2) is 11.5 Å². The van der Waals surface area contributed by atoms with Gasteiger partial charge in [0.2, 0.25) is 0 Å². The molecule has 2 amide bonds. The summed E-state index contributed by atoms with van der Waals surface area (Å²) >= 11 is 6.57. The first-order chi connectivity index (χ1) is 20.3. The molecule has 0 unspecified atom stereocenters. The molecule has 5 rings (SSSR count). The zero-order valence-electron chi connectivity index (χ0n) is 22.7. The SMILES string of the molecule is COc1cc2ncc(C#N)c(Nc3ccc(OC4CCN(C(=O)Nc5c(F)cccc5F)CC4)c(Cl)c3)c2cc1OC. The molecular weight excluding hydrogens is 568 g/mol. The predicted molar refractivity (Wildman–Crippen MR) is 155 cm³/mol. The van der Waals surface area contributed by atoms with Gasteiger partial charge in [0.1, 0.15) is 35.2 Å². The van der Waals surface area contributed by atoms with E-state index in [1.165, 1.54) is 31.4 Å². The molecule has 1 aliphatic heterocycles. The van der Waals surface area contributed by atoms with Crippen molar-refractivity contribution in [3.63, 3.8) is 0 Å². The van der Waals surface area contributed by atoms with Crippen molar-refractivity contribution >= 4 is 45.6 Å². The molecule has 2 heterocycles. The molecule has 12 heteroatoms. The normalized spacial score (nSPS) is 13.4. The van der Waals surface area contributed by atoms with Crippen LogP contribution in [0.3, 0.4) is 0 Å². The Morgan fingerprint density at radius 1 is 1.02 bits per heavy atom. The maximum atomic E-state index is 13.9. The predicted octanol–water partition coefficient (Wildman–Crippen LogP) is 6.87. The van der Waals surface area contributed by atoms with Crippen molar-refractivity contribution in [1.29, 1.82) is 5.26 Å². The first kappa shape index (κ1) is 28.7. The third-order valence-electron chi connectivity index (χ3n) is 6.91. The number of pyridine rings is 1. The summed E-state index contributed by atoms with van der Waals surface area (Å²) in [5.41, 5.74) is 1.63. The summed E-state index contributed by atoms with van der Waals surface area (Å²) in [4.78, 5) is 18.4.